The summed E-state index contributed by atoms with van der Waals surface area (Å²) in [5.74, 6) is -1.07. The van der Waals surface area contributed by atoms with Crippen molar-refractivity contribution in [2.75, 3.05) is 6.61 Å². The first-order chi connectivity index (χ1) is 9.63. The molecule has 0 aromatic heterocycles. The van der Waals surface area contributed by atoms with Crippen molar-refractivity contribution < 1.29 is 19.8 Å². The Morgan fingerprint density at radius 1 is 1.35 bits per heavy atom. The Morgan fingerprint density at radius 2 is 2.10 bits per heavy atom. The number of fused-ring (bicyclic) bond motifs is 3. The Hall–Kier alpha value is -1.88. The zero-order chi connectivity index (χ0) is 14.3. The maximum Gasteiger partial charge on any atom is 0.328 e. The monoisotopic (exact) mass is 275 g/mol. The molecule has 4 atom stereocenters. The molecule has 20 heavy (non-hydrogen) atoms. The van der Waals surface area contributed by atoms with E-state index in [-0.39, 0.29) is 17.7 Å². The molecule has 3 unspecified atom stereocenters. The van der Waals surface area contributed by atoms with Crippen LogP contribution >= 0.6 is 0 Å². The summed E-state index contributed by atoms with van der Waals surface area (Å²) in [6.45, 7) is -0.584. The fraction of sp³-hybridized carbons (Fsp3) is 0.467. The molecular weight excluding hydrogens is 258 g/mol. The van der Waals surface area contributed by atoms with Gasteiger partial charge in [-0.15, -0.1) is 0 Å². The van der Waals surface area contributed by atoms with Crippen LogP contribution in [0.3, 0.4) is 0 Å². The van der Waals surface area contributed by atoms with Crippen LogP contribution in [0.25, 0.3) is 0 Å². The number of hydrogen-bond acceptors (Lipinski definition) is 3. The Labute approximate surface area is 116 Å². The van der Waals surface area contributed by atoms with Crippen LogP contribution in [0.1, 0.15) is 23.5 Å². The fourth-order valence-corrected chi connectivity index (χ4v) is 3.38. The van der Waals surface area contributed by atoms with E-state index in [1.165, 1.54) is 11.1 Å². The standard InChI is InChI=1S/C15H17NO4/c17-7-11(15(19)20)16-14(18)13-10-6-5-8-3-1-2-4-9(8)12(10)13/h1-4,10-13,17H,5-7H2,(H,16,18)(H,19,20)/t10?,11-,12?,13?/m1/s1. The van der Waals surface area contributed by atoms with Gasteiger partial charge in [0.15, 0.2) is 0 Å². The number of amides is 1. The second kappa shape index (κ2) is 4.90. The summed E-state index contributed by atoms with van der Waals surface area (Å²) in [4.78, 5) is 23.0. The molecule has 1 aromatic rings. The molecule has 0 saturated heterocycles. The van der Waals surface area contributed by atoms with Crippen LogP contribution in [-0.2, 0) is 16.0 Å². The van der Waals surface area contributed by atoms with Crippen molar-refractivity contribution in [3.05, 3.63) is 35.4 Å². The molecule has 0 spiro atoms. The number of carboxylic acids is 1. The number of aliphatic carboxylic acids is 1. The number of carbonyl (C=O) groups is 2. The molecule has 0 heterocycles. The third-order valence-electron chi connectivity index (χ3n) is 4.43. The van der Waals surface area contributed by atoms with Crippen LogP contribution < -0.4 is 5.32 Å². The van der Waals surface area contributed by atoms with E-state index in [1.54, 1.807) is 0 Å². The highest BCUT2D eigenvalue weighted by Crippen LogP contribution is 2.59. The third-order valence-corrected chi connectivity index (χ3v) is 4.43. The first kappa shape index (κ1) is 13.1. The molecule has 0 radical (unpaired) electrons. The molecule has 1 aromatic carbocycles. The first-order valence-electron chi connectivity index (χ1n) is 6.85. The van der Waals surface area contributed by atoms with Gasteiger partial charge in [-0.2, -0.15) is 0 Å². The number of rotatable bonds is 4. The number of carbonyl (C=O) groups excluding carboxylic acids is 1. The van der Waals surface area contributed by atoms with Crippen LogP contribution in [0.5, 0.6) is 0 Å². The van der Waals surface area contributed by atoms with Gasteiger partial charge in [0, 0.05) is 5.92 Å². The van der Waals surface area contributed by atoms with E-state index in [9.17, 15) is 9.59 Å². The number of nitrogens with one attached hydrogen (secondary N) is 1. The van der Waals surface area contributed by atoms with E-state index in [4.69, 9.17) is 10.2 Å². The lowest BCUT2D eigenvalue weighted by molar-refractivity contribution is -0.143. The maximum absolute atomic E-state index is 12.2. The number of benzene rings is 1. The highest BCUT2D eigenvalue weighted by molar-refractivity contribution is 5.88. The van der Waals surface area contributed by atoms with Gasteiger partial charge >= 0.3 is 5.97 Å². The minimum absolute atomic E-state index is 0.146. The molecule has 1 amide bonds. The molecule has 0 aliphatic heterocycles. The number of aryl methyl sites for hydroxylation is 1. The van der Waals surface area contributed by atoms with Crippen LogP contribution in [0.2, 0.25) is 0 Å². The molecule has 0 bridgehead atoms. The number of aliphatic hydroxyl groups is 1. The van der Waals surface area contributed by atoms with E-state index >= 15 is 0 Å². The van der Waals surface area contributed by atoms with Crippen molar-refractivity contribution in [2.24, 2.45) is 11.8 Å². The van der Waals surface area contributed by atoms with Gasteiger partial charge in [0.2, 0.25) is 5.91 Å². The van der Waals surface area contributed by atoms with Crippen LogP contribution in [0, 0.1) is 11.8 Å². The molecule has 5 nitrogen and oxygen atoms in total. The highest BCUT2D eigenvalue weighted by atomic mass is 16.4. The van der Waals surface area contributed by atoms with E-state index < -0.39 is 18.6 Å². The van der Waals surface area contributed by atoms with Gasteiger partial charge in [-0.1, -0.05) is 24.3 Å². The van der Waals surface area contributed by atoms with E-state index in [0.29, 0.717) is 5.92 Å². The lowest BCUT2D eigenvalue weighted by atomic mass is 9.92. The largest absolute Gasteiger partial charge is 0.480 e. The average Bonchev–Trinajstić information content (AvgIpc) is 3.19. The Balaban J connectivity index is 1.72. The van der Waals surface area contributed by atoms with Gasteiger partial charge in [0.05, 0.1) is 6.61 Å². The Bertz CT molecular complexity index is 557. The van der Waals surface area contributed by atoms with Crippen LogP contribution in [0.4, 0.5) is 0 Å². The van der Waals surface area contributed by atoms with Crippen molar-refractivity contribution in [1.82, 2.24) is 5.32 Å². The summed E-state index contributed by atoms with van der Waals surface area (Å²) < 4.78 is 0. The Morgan fingerprint density at radius 3 is 2.80 bits per heavy atom. The molecule has 3 N–H and O–H groups in total. The topological polar surface area (TPSA) is 86.6 Å². The van der Waals surface area contributed by atoms with Crippen molar-refractivity contribution in [3.8, 4) is 0 Å². The molecule has 106 valence electrons. The van der Waals surface area contributed by atoms with Crippen molar-refractivity contribution >= 4 is 11.9 Å². The zero-order valence-electron chi connectivity index (χ0n) is 11.0. The molecular formula is C15H17NO4. The molecule has 5 heteroatoms. The smallest absolute Gasteiger partial charge is 0.328 e. The summed E-state index contributed by atoms with van der Waals surface area (Å²) >= 11 is 0. The van der Waals surface area contributed by atoms with E-state index in [0.717, 1.165) is 12.8 Å². The maximum atomic E-state index is 12.2. The van der Waals surface area contributed by atoms with Crippen molar-refractivity contribution in [2.45, 2.75) is 24.8 Å². The van der Waals surface area contributed by atoms with Crippen molar-refractivity contribution in [3.63, 3.8) is 0 Å². The van der Waals surface area contributed by atoms with E-state index in [2.05, 4.69) is 17.4 Å². The number of hydrogen-bond donors (Lipinski definition) is 3. The number of aliphatic hydroxyl groups excluding tert-OH is 1. The average molecular weight is 275 g/mol. The molecule has 2 aliphatic carbocycles. The molecule has 2 aliphatic rings. The number of carboxylic acid groups (broad SMARTS) is 1. The quantitative estimate of drug-likeness (QED) is 0.748. The lowest BCUT2D eigenvalue weighted by Gasteiger charge is -2.13. The van der Waals surface area contributed by atoms with Crippen molar-refractivity contribution in [1.29, 1.82) is 0 Å². The van der Waals surface area contributed by atoms with Gasteiger partial charge in [0.1, 0.15) is 6.04 Å². The van der Waals surface area contributed by atoms with Gasteiger partial charge in [-0.25, -0.2) is 4.79 Å². The summed E-state index contributed by atoms with van der Waals surface area (Å²) in [5, 5.41) is 20.3. The van der Waals surface area contributed by atoms with Gasteiger partial charge in [-0.3, -0.25) is 4.79 Å². The summed E-state index contributed by atoms with van der Waals surface area (Å²) in [6, 6.07) is 6.91. The third kappa shape index (κ3) is 2.08. The second-order valence-electron chi connectivity index (χ2n) is 5.53. The molecule has 3 rings (SSSR count). The SMILES string of the molecule is O=C(N[C@H](CO)C(=O)O)C1C2CCc3ccccc3C21. The first-order valence-corrected chi connectivity index (χ1v) is 6.85. The predicted molar refractivity (Wildman–Crippen MR) is 71.1 cm³/mol. The zero-order valence-corrected chi connectivity index (χ0v) is 11.0. The second-order valence-corrected chi connectivity index (χ2v) is 5.53. The highest BCUT2D eigenvalue weighted by Gasteiger charge is 2.57. The van der Waals surface area contributed by atoms with Gasteiger partial charge in [0.25, 0.3) is 0 Å². The normalized spacial score (nSPS) is 27.9. The van der Waals surface area contributed by atoms with Gasteiger partial charge in [-0.05, 0) is 35.8 Å². The summed E-state index contributed by atoms with van der Waals surface area (Å²) in [5.41, 5.74) is 2.51. The van der Waals surface area contributed by atoms with E-state index in [1.807, 2.05) is 12.1 Å². The lowest BCUT2D eigenvalue weighted by Crippen LogP contribution is -2.44. The van der Waals surface area contributed by atoms with Crippen LogP contribution in [-0.4, -0.2) is 34.7 Å². The van der Waals surface area contributed by atoms with Gasteiger partial charge < -0.3 is 15.5 Å². The fourth-order valence-electron chi connectivity index (χ4n) is 3.38. The Kier molecular flexibility index (Phi) is 3.22. The molecule has 1 fully saturated rings. The van der Waals surface area contributed by atoms with Crippen LogP contribution in [0.15, 0.2) is 24.3 Å². The molecule has 1 saturated carbocycles. The predicted octanol–water partition coefficient (Wildman–Crippen LogP) is 0.524. The summed E-state index contributed by atoms with van der Waals surface area (Å²) in [6.07, 6.45) is 1.94. The summed E-state index contributed by atoms with van der Waals surface area (Å²) in [7, 11) is 0. The minimum Gasteiger partial charge on any atom is -0.480 e. The minimum atomic E-state index is -1.21.